The Hall–Kier alpha value is -3.87. The summed E-state index contributed by atoms with van der Waals surface area (Å²) in [4.78, 5) is 20.8. The van der Waals surface area contributed by atoms with E-state index in [-0.39, 0.29) is 41.8 Å². The maximum atomic E-state index is 13.7. The Kier molecular flexibility index (Phi) is 6.31. The van der Waals surface area contributed by atoms with Crippen molar-refractivity contribution in [2.24, 2.45) is 0 Å². The molecule has 0 unspecified atom stereocenters. The lowest BCUT2D eigenvalue weighted by Crippen LogP contribution is -2.16. The van der Waals surface area contributed by atoms with Gasteiger partial charge in [-0.25, -0.2) is 18.8 Å². The van der Waals surface area contributed by atoms with Crippen LogP contribution in [0.2, 0.25) is 0 Å². The summed E-state index contributed by atoms with van der Waals surface area (Å²) in [6.07, 6.45) is 0. The largest absolute Gasteiger partial charge is 0.482 e. The number of aromatic nitrogens is 5. The molecule has 4 N–H and O–H groups in total. The van der Waals surface area contributed by atoms with Crippen molar-refractivity contribution in [3.05, 3.63) is 53.1 Å². The molecule has 4 aromatic rings. The number of hydrogen-bond acceptors (Lipinski definition) is 11. The van der Waals surface area contributed by atoms with E-state index in [1.165, 1.54) is 28.6 Å². The maximum absolute atomic E-state index is 13.7. The minimum atomic E-state index is -0.549. The van der Waals surface area contributed by atoms with Gasteiger partial charge in [-0.2, -0.15) is 4.98 Å². The number of carbonyl (C=O) groups is 1. The van der Waals surface area contributed by atoms with Gasteiger partial charge in [0.2, 0.25) is 10.9 Å². The molecule has 0 aliphatic carbocycles. The number of nitrogens with zero attached hydrogens (tertiary/aromatic N) is 5. The van der Waals surface area contributed by atoms with E-state index in [9.17, 15) is 9.18 Å². The summed E-state index contributed by atoms with van der Waals surface area (Å²) in [6.45, 7) is 3.48. The summed E-state index contributed by atoms with van der Waals surface area (Å²) in [6, 6.07) is 6.02. The minimum absolute atomic E-state index is 0.0668. The van der Waals surface area contributed by atoms with E-state index in [0.29, 0.717) is 28.0 Å². The van der Waals surface area contributed by atoms with Gasteiger partial charge in [0.1, 0.15) is 29.6 Å². The number of benzene rings is 1. The second kappa shape index (κ2) is 9.32. The molecule has 0 aliphatic rings. The number of aryl methyl sites for hydroxylation is 1. The number of fused-ring (bicyclic) bond motifs is 1. The van der Waals surface area contributed by atoms with Crippen LogP contribution < -0.4 is 16.3 Å². The molecule has 0 atom stereocenters. The number of esters is 1. The van der Waals surface area contributed by atoms with Gasteiger partial charge in [-0.1, -0.05) is 23.9 Å². The number of nitrogen functional groups attached to an aromatic ring is 2. The third-order valence-electron chi connectivity index (χ3n) is 4.54. The van der Waals surface area contributed by atoms with Gasteiger partial charge in [0.25, 0.3) is 0 Å². The van der Waals surface area contributed by atoms with Crippen LogP contribution in [0.5, 0.6) is 5.75 Å². The van der Waals surface area contributed by atoms with Crippen LogP contribution >= 0.6 is 11.8 Å². The van der Waals surface area contributed by atoms with Crippen LogP contribution in [0, 0.1) is 12.7 Å². The average molecular weight is 473 g/mol. The first kappa shape index (κ1) is 22.3. The van der Waals surface area contributed by atoms with Gasteiger partial charge in [0.05, 0.1) is 17.7 Å². The lowest BCUT2D eigenvalue weighted by molar-refractivity contribution is 0.0526. The van der Waals surface area contributed by atoms with E-state index < -0.39 is 11.8 Å². The van der Waals surface area contributed by atoms with Crippen molar-refractivity contribution in [2.45, 2.75) is 31.4 Å². The van der Waals surface area contributed by atoms with E-state index >= 15 is 0 Å². The third kappa shape index (κ3) is 4.53. The molecule has 0 saturated carbocycles. The number of ether oxygens (including phenoxy) is 2. The summed E-state index contributed by atoms with van der Waals surface area (Å²) in [7, 11) is 0. The number of nitrogens with two attached hydrogens (primary N) is 2. The van der Waals surface area contributed by atoms with Crippen molar-refractivity contribution in [1.29, 1.82) is 0 Å². The molecule has 3 heterocycles. The van der Waals surface area contributed by atoms with Crippen LogP contribution in [-0.4, -0.2) is 37.4 Å². The average Bonchev–Trinajstić information content (AvgIpc) is 3.31. The summed E-state index contributed by atoms with van der Waals surface area (Å²) in [5, 5.41) is 8.68. The van der Waals surface area contributed by atoms with Gasteiger partial charge < -0.3 is 25.5 Å². The third-order valence-corrected chi connectivity index (χ3v) is 5.48. The lowest BCUT2D eigenvalue weighted by atomic mass is 10.2. The molecule has 0 spiro atoms. The first-order chi connectivity index (χ1) is 15.9. The summed E-state index contributed by atoms with van der Waals surface area (Å²) in [5.41, 5.74) is 6.48. The number of para-hydroxylation sites is 1. The molecule has 1 aromatic carbocycles. The summed E-state index contributed by atoms with van der Waals surface area (Å²) >= 11 is 1.21. The molecule has 0 aliphatic heterocycles. The first-order valence-corrected chi connectivity index (χ1v) is 10.8. The molecule has 11 nitrogen and oxygen atoms in total. The smallest absolute Gasteiger partial charge is 0.342 e. The number of anilines is 1. The number of hydrogen-bond donors (Lipinski definition) is 2. The number of thioether (sulfide) groups is 1. The Morgan fingerprint density at radius 2 is 2.06 bits per heavy atom. The predicted octanol–water partition coefficient (Wildman–Crippen LogP) is 2.61. The molecule has 0 fully saturated rings. The fourth-order valence-electron chi connectivity index (χ4n) is 3.03. The standard InChI is InChI=1S/C20H20FN7O4S/c1-3-30-19(29)15-10(2)32-18-16(15)17(22)24-13(25-18)9-33-20-27-26-14(28(20)23)8-31-12-7-5-4-6-11(12)21/h4-7H,3,8-9,23H2,1-2H3,(H2,22,24,25). The van der Waals surface area contributed by atoms with Crippen LogP contribution in [0.1, 0.15) is 34.7 Å². The molecule has 0 bridgehead atoms. The van der Waals surface area contributed by atoms with Crippen molar-refractivity contribution in [2.75, 3.05) is 18.2 Å². The topological polar surface area (TPSA) is 157 Å². The van der Waals surface area contributed by atoms with E-state index in [1.807, 2.05) is 0 Å². The quantitative estimate of drug-likeness (QED) is 0.220. The normalized spacial score (nSPS) is 11.1. The molecule has 3 aromatic heterocycles. The highest BCUT2D eigenvalue weighted by Gasteiger charge is 2.24. The van der Waals surface area contributed by atoms with Gasteiger partial charge in [0.15, 0.2) is 17.4 Å². The highest BCUT2D eigenvalue weighted by atomic mass is 32.2. The highest BCUT2D eigenvalue weighted by Crippen LogP contribution is 2.30. The highest BCUT2D eigenvalue weighted by molar-refractivity contribution is 7.98. The van der Waals surface area contributed by atoms with Crippen LogP contribution in [0.25, 0.3) is 11.1 Å². The number of rotatable bonds is 8. The predicted molar refractivity (Wildman–Crippen MR) is 117 cm³/mol. The summed E-state index contributed by atoms with van der Waals surface area (Å²) < 4.78 is 31.0. The van der Waals surface area contributed by atoms with Gasteiger partial charge in [-0.05, 0) is 26.0 Å². The molecule has 0 radical (unpaired) electrons. The molecule has 0 amide bonds. The monoisotopic (exact) mass is 473 g/mol. The molecular formula is C20H20FN7O4S. The molecule has 13 heteroatoms. The van der Waals surface area contributed by atoms with E-state index in [0.717, 1.165) is 0 Å². The van der Waals surface area contributed by atoms with Crippen molar-refractivity contribution in [3.63, 3.8) is 0 Å². The van der Waals surface area contributed by atoms with Crippen LogP contribution in [0.3, 0.4) is 0 Å². The fourth-order valence-corrected chi connectivity index (χ4v) is 3.76. The fraction of sp³-hybridized carbons (Fsp3) is 0.250. The molecule has 33 heavy (non-hydrogen) atoms. The van der Waals surface area contributed by atoms with Gasteiger partial charge in [0, 0.05) is 0 Å². The molecule has 0 saturated heterocycles. The van der Waals surface area contributed by atoms with Crippen molar-refractivity contribution >= 4 is 34.6 Å². The van der Waals surface area contributed by atoms with E-state index in [1.54, 1.807) is 26.0 Å². The van der Waals surface area contributed by atoms with Gasteiger partial charge in [-0.3, -0.25) is 0 Å². The van der Waals surface area contributed by atoms with Crippen molar-refractivity contribution in [1.82, 2.24) is 24.8 Å². The lowest BCUT2D eigenvalue weighted by Gasteiger charge is -2.07. The Balaban J connectivity index is 1.48. The van der Waals surface area contributed by atoms with Gasteiger partial charge in [-0.15, -0.1) is 10.2 Å². The summed E-state index contributed by atoms with van der Waals surface area (Å²) in [5.74, 6) is 6.43. The molecular weight excluding hydrogens is 453 g/mol. The molecule has 4 rings (SSSR count). The second-order valence-electron chi connectivity index (χ2n) is 6.74. The number of furan rings is 1. The van der Waals surface area contributed by atoms with E-state index in [4.69, 9.17) is 25.5 Å². The van der Waals surface area contributed by atoms with Crippen LogP contribution in [0.4, 0.5) is 10.2 Å². The minimum Gasteiger partial charge on any atom is -0.482 e. The van der Waals surface area contributed by atoms with Crippen molar-refractivity contribution < 1.29 is 23.1 Å². The second-order valence-corrected chi connectivity index (χ2v) is 7.68. The SMILES string of the molecule is CCOC(=O)c1c(C)oc2nc(CSc3nnc(COc4ccccc4F)n3N)nc(N)c12. The number of halogens is 1. The Labute approximate surface area is 191 Å². The van der Waals surface area contributed by atoms with Crippen LogP contribution in [0.15, 0.2) is 33.8 Å². The van der Waals surface area contributed by atoms with Crippen LogP contribution in [-0.2, 0) is 17.1 Å². The molecule has 172 valence electrons. The zero-order valence-corrected chi connectivity index (χ0v) is 18.6. The zero-order chi connectivity index (χ0) is 23.5. The zero-order valence-electron chi connectivity index (χ0n) is 17.7. The van der Waals surface area contributed by atoms with Gasteiger partial charge >= 0.3 is 5.97 Å². The van der Waals surface area contributed by atoms with E-state index in [2.05, 4.69) is 20.2 Å². The Morgan fingerprint density at radius 3 is 2.82 bits per heavy atom. The Morgan fingerprint density at radius 1 is 1.27 bits per heavy atom. The first-order valence-electron chi connectivity index (χ1n) is 9.81. The Bertz CT molecular complexity index is 1320. The maximum Gasteiger partial charge on any atom is 0.342 e. The number of carbonyl (C=O) groups excluding carboxylic acids is 1. The van der Waals surface area contributed by atoms with Crippen molar-refractivity contribution in [3.8, 4) is 5.75 Å².